The first kappa shape index (κ1) is 19.6. The molecule has 0 atom stereocenters. The predicted octanol–water partition coefficient (Wildman–Crippen LogP) is 3.39. The molecule has 142 valence electrons. The summed E-state index contributed by atoms with van der Waals surface area (Å²) in [5, 5.41) is 20.6. The number of hydrogen-bond acceptors (Lipinski definition) is 7. The third-order valence-corrected chi connectivity index (χ3v) is 6.33. The Labute approximate surface area is 167 Å². The van der Waals surface area contributed by atoms with Gasteiger partial charge in [-0.3, -0.25) is 4.79 Å². The number of nitrogens with one attached hydrogen (secondary N) is 1. The summed E-state index contributed by atoms with van der Waals surface area (Å²) in [5.41, 5.74) is 0.709. The van der Waals surface area contributed by atoms with Crippen molar-refractivity contribution in [3.63, 3.8) is 0 Å². The van der Waals surface area contributed by atoms with E-state index in [4.69, 9.17) is 11.1 Å². The molecule has 0 saturated heterocycles. The second-order valence-corrected chi connectivity index (χ2v) is 8.29. The molecular weight excluding hydrogens is 380 g/mol. The lowest BCUT2D eigenvalue weighted by atomic mass is 9.89. The topological polar surface area (TPSA) is 110 Å². The number of nitriles is 1. The average Bonchev–Trinajstić information content (AvgIpc) is 3.07. The molecule has 0 radical (unpaired) electrons. The fourth-order valence-corrected chi connectivity index (χ4v) is 4.48. The first-order valence-corrected chi connectivity index (χ1v) is 10.9. The zero-order chi connectivity index (χ0) is 19.1. The van der Waals surface area contributed by atoms with Gasteiger partial charge in [-0.25, -0.2) is 4.68 Å². The molecule has 1 heterocycles. The van der Waals surface area contributed by atoms with Gasteiger partial charge in [-0.05, 0) is 25.0 Å². The van der Waals surface area contributed by atoms with Gasteiger partial charge in [0.15, 0.2) is 5.82 Å². The van der Waals surface area contributed by atoms with Gasteiger partial charge >= 0.3 is 0 Å². The van der Waals surface area contributed by atoms with E-state index in [1.807, 2.05) is 24.3 Å². The number of carbonyl (C=O) groups is 1. The van der Waals surface area contributed by atoms with Crippen LogP contribution in [0.25, 0.3) is 0 Å². The zero-order valence-corrected chi connectivity index (χ0v) is 16.6. The van der Waals surface area contributed by atoms with E-state index in [1.54, 1.807) is 0 Å². The second kappa shape index (κ2) is 9.67. The lowest BCUT2D eigenvalue weighted by Crippen LogP contribution is -2.20. The van der Waals surface area contributed by atoms with Gasteiger partial charge in [0.2, 0.25) is 11.1 Å². The molecule has 0 unspecified atom stereocenters. The Hall–Kier alpha value is -2.18. The van der Waals surface area contributed by atoms with E-state index in [0.29, 0.717) is 22.5 Å². The molecule has 9 heteroatoms. The number of para-hydroxylation sites is 1. The fourth-order valence-electron chi connectivity index (χ4n) is 3.15. The lowest BCUT2D eigenvalue weighted by molar-refractivity contribution is -0.113. The van der Waals surface area contributed by atoms with Crippen LogP contribution in [0.15, 0.2) is 34.3 Å². The molecule has 3 N–H and O–H groups in total. The number of rotatable bonds is 7. The first-order valence-electron chi connectivity index (χ1n) is 8.91. The molecule has 3 rings (SSSR count). The monoisotopic (exact) mass is 402 g/mol. The quantitative estimate of drug-likeness (QED) is 0.539. The van der Waals surface area contributed by atoms with Crippen LogP contribution in [0.1, 0.15) is 43.8 Å². The molecule has 0 spiro atoms. The summed E-state index contributed by atoms with van der Waals surface area (Å²) >= 11 is 2.67. The van der Waals surface area contributed by atoms with Crippen molar-refractivity contribution in [2.75, 3.05) is 22.7 Å². The van der Waals surface area contributed by atoms with E-state index >= 15 is 0 Å². The minimum atomic E-state index is -0.146. The van der Waals surface area contributed by atoms with Crippen LogP contribution in [0, 0.1) is 11.3 Å². The van der Waals surface area contributed by atoms with E-state index < -0.39 is 0 Å². The smallest absolute Gasteiger partial charge is 0.234 e. The number of hydrogen-bond donors (Lipinski definition) is 2. The van der Waals surface area contributed by atoms with Crippen LogP contribution in [0.2, 0.25) is 0 Å². The number of nitrogens with zero attached hydrogens (tertiary/aromatic N) is 4. The lowest BCUT2D eigenvalue weighted by Gasteiger charge is -2.20. The van der Waals surface area contributed by atoms with E-state index in [-0.39, 0.29) is 11.7 Å². The molecule has 0 aliphatic heterocycles. The van der Waals surface area contributed by atoms with Crippen molar-refractivity contribution in [1.29, 1.82) is 5.26 Å². The average molecular weight is 403 g/mol. The molecule has 1 aliphatic rings. The van der Waals surface area contributed by atoms with E-state index in [9.17, 15) is 4.79 Å². The van der Waals surface area contributed by atoms with Gasteiger partial charge < -0.3 is 11.2 Å². The summed E-state index contributed by atoms with van der Waals surface area (Å²) in [6.07, 6.45) is 5.86. The van der Waals surface area contributed by atoms with Gasteiger partial charge in [-0.2, -0.15) is 5.26 Å². The highest BCUT2D eigenvalue weighted by Crippen LogP contribution is 2.32. The summed E-state index contributed by atoms with van der Waals surface area (Å²) in [5.74, 6) is 7.72. The van der Waals surface area contributed by atoms with Crippen LogP contribution >= 0.6 is 23.5 Å². The molecule has 1 fully saturated rings. The minimum absolute atomic E-state index is 0.146. The summed E-state index contributed by atoms with van der Waals surface area (Å²) in [4.78, 5) is 13.2. The highest BCUT2D eigenvalue weighted by molar-refractivity contribution is 8.00. The molecular formula is C18H22N6OS2. The van der Waals surface area contributed by atoms with Gasteiger partial charge in [0.1, 0.15) is 0 Å². The Morgan fingerprint density at radius 3 is 2.81 bits per heavy atom. The molecule has 1 amide bonds. The molecule has 1 aromatic carbocycles. The maximum atomic E-state index is 12.3. The van der Waals surface area contributed by atoms with Crippen molar-refractivity contribution in [3.8, 4) is 6.07 Å². The van der Waals surface area contributed by atoms with Gasteiger partial charge in [-0.1, -0.05) is 43.2 Å². The van der Waals surface area contributed by atoms with Crippen molar-refractivity contribution >= 4 is 35.1 Å². The number of aromatic nitrogens is 3. The molecule has 7 nitrogen and oxygen atoms in total. The number of anilines is 1. The van der Waals surface area contributed by atoms with Crippen molar-refractivity contribution < 1.29 is 4.79 Å². The molecule has 1 saturated carbocycles. The number of amides is 1. The fraction of sp³-hybridized carbons (Fsp3) is 0.444. The molecule has 27 heavy (non-hydrogen) atoms. The van der Waals surface area contributed by atoms with Crippen LogP contribution in [-0.4, -0.2) is 32.3 Å². The highest BCUT2D eigenvalue weighted by Gasteiger charge is 2.22. The van der Waals surface area contributed by atoms with Crippen molar-refractivity contribution in [1.82, 2.24) is 14.9 Å². The Morgan fingerprint density at radius 2 is 2.04 bits per heavy atom. The number of nitrogens with two attached hydrogens (primary N) is 1. The third-order valence-electron chi connectivity index (χ3n) is 4.45. The maximum absolute atomic E-state index is 12.3. The standard InChI is InChI=1S/C18H22N6OS2/c19-10-11-26-15-9-5-4-8-14(15)21-16(25)12-27-18-23-22-17(24(18)20)13-6-2-1-3-7-13/h4-5,8-9,13H,1-3,6-7,11-12,20H2,(H,21,25). The molecule has 0 bridgehead atoms. The number of thioether (sulfide) groups is 2. The summed E-state index contributed by atoms with van der Waals surface area (Å²) < 4.78 is 1.53. The van der Waals surface area contributed by atoms with Gasteiger partial charge in [0.25, 0.3) is 0 Å². The van der Waals surface area contributed by atoms with Gasteiger partial charge in [0.05, 0.1) is 23.3 Å². The minimum Gasteiger partial charge on any atom is -0.336 e. The zero-order valence-electron chi connectivity index (χ0n) is 14.9. The van der Waals surface area contributed by atoms with Crippen molar-refractivity contribution in [2.24, 2.45) is 0 Å². The number of carbonyl (C=O) groups excluding carboxylic acids is 1. The largest absolute Gasteiger partial charge is 0.336 e. The normalized spacial score (nSPS) is 14.6. The van der Waals surface area contributed by atoms with E-state index in [0.717, 1.165) is 23.6 Å². The molecule has 1 aliphatic carbocycles. The summed E-state index contributed by atoms with van der Waals surface area (Å²) in [6, 6.07) is 9.54. The third kappa shape index (κ3) is 5.17. The second-order valence-electron chi connectivity index (χ2n) is 6.33. The highest BCUT2D eigenvalue weighted by atomic mass is 32.2. The number of benzene rings is 1. The van der Waals surface area contributed by atoms with Crippen LogP contribution in [0.3, 0.4) is 0 Å². The van der Waals surface area contributed by atoms with Gasteiger partial charge in [-0.15, -0.1) is 22.0 Å². The van der Waals surface area contributed by atoms with E-state index in [1.165, 1.54) is 47.5 Å². The molecule has 2 aromatic rings. The summed E-state index contributed by atoms with van der Waals surface area (Å²) in [6.45, 7) is 0. The Bertz CT molecular complexity index is 825. The first-order chi connectivity index (χ1) is 13.2. The maximum Gasteiger partial charge on any atom is 0.234 e. The SMILES string of the molecule is N#CCSc1ccccc1NC(=O)CSc1nnc(C2CCCCC2)n1N. The Morgan fingerprint density at radius 1 is 1.26 bits per heavy atom. The van der Waals surface area contributed by atoms with Crippen LogP contribution in [0.4, 0.5) is 5.69 Å². The van der Waals surface area contributed by atoms with Crippen LogP contribution < -0.4 is 11.2 Å². The van der Waals surface area contributed by atoms with Crippen LogP contribution in [-0.2, 0) is 4.79 Å². The van der Waals surface area contributed by atoms with Crippen molar-refractivity contribution in [2.45, 2.75) is 48.1 Å². The van der Waals surface area contributed by atoms with E-state index in [2.05, 4.69) is 21.6 Å². The van der Waals surface area contributed by atoms with Crippen molar-refractivity contribution in [3.05, 3.63) is 30.1 Å². The molecule has 1 aromatic heterocycles. The van der Waals surface area contributed by atoms with Crippen LogP contribution in [0.5, 0.6) is 0 Å². The van der Waals surface area contributed by atoms with Gasteiger partial charge in [0, 0.05) is 10.8 Å². The Kier molecular flexibility index (Phi) is 7.01. The number of nitrogen functional groups attached to an aromatic ring is 1. The predicted molar refractivity (Wildman–Crippen MR) is 108 cm³/mol. The Balaban J connectivity index is 1.57. The summed E-state index contributed by atoms with van der Waals surface area (Å²) in [7, 11) is 0.